The number of rotatable bonds is 5. The van der Waals surface area contributed by atoms with E-state index < -0.39 is 4.92 Å². The van der Waals surface area contributed by atoms with E-state index in [0.717, 1.165) is 5.56 Å². The number of nitro benzene ring substituents is 1. The molecule has 0 spiro atoms. The third-order valence-electron chi connectivity index (χ3n) is 2.69. The summed E-state index contributed by atoms with van der Waals surface area (Å²) < 4.78 is 19.2. The van der Waals surface area contributed by atoms with Crippen molar-refractivity contribution in [2.75, 3.05) is 6.61 Å². The van der Waals surface area contributed by atoms with E-state index in [1.54, 1.807) is 18.2 Å². The number of hydrogen-bond donors (Lipinski definition) is 0. The van der Waals surface area contributed by atoms with Gasteiger partial charge in [-0.3, -0.25) is 10.1 Å². The van der Waals surface area contributed by atoms with Crippen LogP contribution in [-0.2, 0) is 6.42 Å². The quantitative estimate of drug-likeness (QED) is 0.608. The van der Waals surface area contributed by atoms with Crippen LogP contribution in [0.2, 0.25) is 0 Å². The molecule has 20 heavy (non-hydrogen) atoms. The van der Waals surface area contributed by atoms with Crippen molar-refractivity contribution < 1.29 is 14.1 Å². The van der Waals surface area contributed by atoms with Crippen LogP contribution in [0.25, 0.3) is 0 Å². The lowest BCUT2D eigenvalue weighted by atomic mass is 10.1. The largest absolute Gasteiger partial charge is 0.492 e. The lowest BCUT2D eigenvalue weighted by molar-refractivity contribution is -0.384. The third-order valence-corrected chi connectivity index (χ3v) is 3.34. The average molecular weight is 340 g/mol. The van der Waals surface area contributed by atoms with Crippen LogP contribution >= 0.6 is 15.9 Å². The van der Waals surface area contributed by atoms with Gasteiger partial charge in [0.2, 0.25) is 0 Å². The minimum absolute atomic E-state index is 0.0579. The van der Waals surface area contributed by atoms with E-state index in [1.807, 2.05) is 0 Å². The van der Waals surface area contributed by atoms with Gasteiger partial charge in [0, 0.05) is 24.6 Å². The monoisotopic (exact) mass is 339 g/mol. The summed E-state index contributed by atoms with van der Waals surface area (Å²) in [5.41, 5.74) is 0.977. The van der Waals surface area contributed by atoms with Crippen molar-refractivity contribution in [1.29, 1.82) is 0 Å². The first-order valence-electron chi connectivity index (χ1n) is 5.87. The molecule has 0 aliphatic rings. The average Bonchev–Trinajstić information content (AvgIpc) is 2.43. The molecule has 0 aromatic heterocycles. The molecule has 0 amide bonds. The Bertz CT molecular complexity index is 616. The topological polar surface area (TPSA) is 52.4 Å². The van der Waals surface area contributed by atoms with Crippen LogP contribution in [0.4, 0.5) is 10.1 Å². The molecule has 2 aromatic carbocycles. The summed E-state index contributed by atoms with van der Waals surface area (Å²) in [4.78, 5) is 10.1. The second-order valence-corrected chi connectivity index (χ2v) is 4.95. The summed E-state index contributed by atoms with van der Waals surface area (Å²) >= 11 is 3.28. The highest BCUT2D eigenvalue weighted by atomic mass is 79.9. The van der Waals surface area contributed by atoms with Gasteiger partial charge in [0.15, 0.2) is 0 Å². The molecule has 4 nitrogen and oxygen atoms in total. The predicted octanol–water partition coefficient (Wildman–Crippen LogP) is 4.12. The Kier molecular flexibility index (Phi) is 4.68. The second kappa shape index (κ2) is 6.47. The first-order chi connectivity index (χ1) is 9.56. The Morgan fingerprint density at radius 1 is 1.20 bits per heavy atom. The van der Waals surface area contributed by atoms with Crippen LogP contribution in [0.1, 0.15) is 5.56 Å². The zero-order chi connectivity index (χ0) is 14.5. The number of hydrogen-bond acceptors (Lipinski definition) is 3. The molecule has 6 heteroatoms. The first kappa shape index (κ1) is 14.5. The maximum absolute atomic E-state index is 13.1. The maximum atomic E-state index is 13.1. The van der Waals surface area contributed by atoms with E-state index in [4.69, 9.17) is 4.74 Å². The molecule has 0 bridgehead atoms. The van der Waals surface area contributed by atoms with Crippen molar-refractivity contribution in [1.82, 2.24) is 0 Å². The zero-order valence-corrected chi connectivity index (χ0v) is 12.0. The molecular formula is C14H11BrFNO3. The van der Waals surface area contributed by atoms with Crippen LogP contribution in [0.15, 0.2) is 46.9 Å². The molecule has 0 fully saturated rings. The summed E-state index contributed by atoms with van der Waals surface area (Å²) in [6, 6.07) is 10.5. The number of halogens is 2. The minimum atomic E-state index is -0.440. The van der Waals surface area contributed by atoms with Crippen LogP contribution in [0.3, 0.4) is 0 Å². The van der Waals surface area contributed by atoms with Gasteiger partial charge in [0.05, 0.1) is 16.0 Å². The van der Waals surface area contributed by atoms with Gasteiger partial charge < -0.3 is 4.74 Å². The van der Waals surface area contributed by atoms with Gasteiger partial charge in [-0.2, -0.15) is 0 Å². The van der Waals surface area contributed by atoms with Gasteiger partial charge in [0.1, 0.15) is 11.6 Å². The van der Waals surface area contributed by atoms with E-state index in [0.29, 0.717) is 23.2 Å². The SMILES string of the molecule is O=[N+]([O-])c1ccc(CCOc2cc(F)ccc2Br)cc1. The van der Waals surface area contributed by atoms with E-state index in [1.165, 1.54) is 24.3 Å². The molecule has 2 aromatic rings. The number of nitrogens with zero attached hydrogens (tertiary/aromatic N) is 1. The predicted molar refractivity (Wildman–Crippen MR) is 76.4 cm³/mol. The maximum Gasteiger partial charge on any atom is 0.269 e. The summed E-state index contributed by atoms with van der Waals surface area (Å²) in [6.07, 6.45) is 0.584. The molecule has 0 N–H and O–H groups in total. The standard InChI is InChI=1S/C14H11BrFNO3/c15-13-6-3-11(16)9-14(13)20-8-7-10-1-4-12(5-2-10)17(18)19/h1-6,9H,7-8H2. The number of ether oxygens (including phenoxy) is 1. The van der Waals surface area contributed by atoms with Gasteiger partial charge in [0.25, 0.3) is 5.69 Å². The summed E-state index contributed by atoms with van der Waals surface area (Å²) in [6.45, 7) is 0.361. The smallest absolute Gasteiger partial charge is 0.269 e. The zero-order valence-electron chi connectivity index (χ0n) is 10.4. The number of benzene rings is 2. The van der Waals surface area contributed by atoms with Crippen molar-refractivity contribution >= 4 is 21.6 Å². The van der Waals surface area contributed by atoms with Crippen molar-refractivity contribution in [2.24, 2.45) is 0 Å². The number of nitro groups is 1. The van der Waals surface area contributed by atoms with Gasteiger partial charge in [-0.1, -0.05) is 12.1 Å². The third kappa shape index (κ3) is 3.77. The molecule has 0 aliphatic heterocycles. The Hall–Kier alpha value is -1.95. The second-order valence-electron chi connectivity index (χ2n) is 4.10. The number of non-ortho nitro benzene ring substituents is 1. The summed E-state index contributed by atoms with van der Waals surface area (Å²) in [7, 11) is 0. The summed E-state index contributed by atoms with van der Waals surface area (Å²) in [5, 5.41) is 10.5. The van der Waals surface area contributed by atoms with Crippen molar-refractivity contribution in [3.63, 3.8) is 0 Å². The van der Waals surface area contributed by atoms with E-state index in [9.17, 15) is 14.5 Å². The summed E-state index contributed by atoms with van der Waals surface area (Å²) in [5.74, 6) is 0.0745. The molecule has 0 heterocycles. The molecule has 104 valence electrons. The molecule has 0 atom stereocenters. The van der Waals surface area contributed by atoms with Crippen LogP contribution < -0.4 is 4.74 Å². The molecule has 0 radical (unpaired) electrons. The molecule has 0 unspecified atom stereocenters. The fourth-order valence-electron chi connectivity index (χ4n) is 1.65. The van der Waals surface area contributed by atoms with Crippen molar-refractivity contribution in [3.05, 3.63) is 68.4 Å². The van der Waals surface area contributed by atoms with Gasteiger partial charge >= 0.3 is 0 Å². The van der Waals surface area contributed by atoms with Crippen LogP contribution in [0.5, 0.6) is 5.75 Å². The Labute approximate surface area is 123 Å². The normalized spacial score (nSPS) is 10.3. The lowest BCUT2D eigenvalue weighted by Gasteiger charge is -2.08. The molecule has 0 aliphatic carbocycles. The fourth-order valence-corrected chi connectivity index (χ4v) is 2.01. The van der Waals surface area contributed by atoms with Gasteiger partial charge in [-0.15, -0.1) is 0 Å². The highest BCUT2D eigenvalue weighted by molar-refractivity contribution is 9.10. The van der Waals surface area contributed by atoms with Gasteiger partial charge in [-0.05, 0) is 33.6 Å². The van der Waals surface area contributed by atoms with E-state index in [-0.39, 0.29) is 11.5 Å². The van der Waals surface area contributed by atoms with Crippen LogP contribution in [0, 0.1) is 15.9 Å². The van der Waals surface area contributed by atoms with Crippen LogP contribution in [-0.4, -0.2) is 11.5 Å². The highest BCUT2D eigenvalue weighted by Crippen LogP contribution is 2.25. The Morgan fingerprint density at radius 3 is 2.55 bits per heavy atom. The molecular weight excluding hydrogens is 329 g/mol. The van der Waals surface area contributed by atoms with Crippen molar-refractivity contribution in [3.8, 4) is 5.75 Å². The molecule has 0 saturated carbocycles. The minimum Gasteiger partial charge on any atom is -0.492 e. The Balaban J connectivity index is 1.92. The molecule has 2 rings (SSSR count). The van der Waals surface area contributed by atoms with E-state index in [2.05, 4.69) is 15.9 Å². The lowest BCUT2D eigenvalue weighted by Crippen LogP contribution is -2.02. The van der Waals surface area contributed by atoms with Gasteiger partial charge in [-0.25, -0.2) is 4.39 Å². The fraction of sp³-hybridized carbons (Fsp3) is 0.143. The Morgan fingerprint density at radius 2 is 1.90 bits per heavy atom. The first-order valence-corrected chi connectivity index (χ1v) is 6.67. The van der Waals surface area contributed by atoms with E-state index >= 15 is 0 Å². The van der Waals surface area contributed by atoms with Crippen molar-refractivity contribution in [2.45, 2.75) is 6.42 Å². The highest BCUT2D eigenvalue weighted by Gasteiger charge is 2.05. The molecule has 0 saturated heterocycles.